The molecule has 0 aliphatic rings. The Hall–Kier alpha value is -0.610. The highest BCUT2D eigenvalue weighted by molar-refractivity contribution is 5.76. The van der Waals surface area contributed by atoms with E-state index in [2.05, 4.69) is 0 Å². The van der Waals surface area contributed by atoms with E-state index in [4.69, 9.17) is 10.2 Å². The molecule has 0 spiro atoms. The molecule has 0 aromatic heterocycles. The zero-order chi connectivity index (χ0) is 9.99. The lowest BCUT2D eigenvalue weighted by Crippen LogP contribution is -2.40. The van der Waals surface area contributed by atoms with Gasteiger partial charge in [0.05, 0.1) is 0 Å². The van der Waals surface area contributed by atoms with Crippen LogP contribution in [0.1, 0.15) is 27.2 Å². The normalized spacial score (nSPS) is 17.1. The molecule has 12 heavy (non-hydrogen) atoms. The lowest BCUT2D eigenvalue weighted by atomic mass is 9.82. The molecule has 72 valence electrons. The van der Waals surface area contributed by atoms with Crippen LogP contribution in [0.5, 0.6) is 0 Å². The van der Waals surface area contributed by atoms with Crippen molar-refractivity contribution < 1.29 is 20.1 Å². The van der Waals surface area contributed by atoms with E-state index in [0.29, 0.717) is 0 Å². The predicted octanol–water partition coefficient (Wildman–Crippen LogP) is 0.231. The summed E-state index contributed by atoms with van der Waals surface area (Å²) in [5.41, 5.74) is -2.33. The Kier molecular flexibility index (Phi) is 3.24. The summed E-state index contributed by atoms with van der Waals surface area (Å²) in [6.07, 6.45) is 0.0336. The van der Waals surface area contributed by atoms with Crippen molar-refractivity contribution in [3.63, 3.8) is 0 Å². The Morgan fingerprint density at radius 3 is 2.00 bits per heavy atom. The number of carboxylic acids is 1. The van der Waals surface area contributed by atoms with Crippen LogP contribution < -0.4 is 0 Å². The minimum Gasteiger partial charge on any atom is -0.479 e. The second kappa shape index (κ2) is 3.41. The van der Waals surface area contributed by atoms with E-state index >= 15 is 0 Å². The van der Waals surface area contributed by atoms with E-state index in [9.17, 15) is 9.90 Å². The maximum absolute atomic E-state index is 10.5. The van der Waals surface area contributed by atoms with Gasteiger partial charge in [-0.3, -0.25) is 0 Å². The molecule has 0 rings (SSSR count). The standard InChI is InChI=1S/C8H16O4/c1-7(2,5-9)4-8(3,12)6(10)11/h9,12H,4-5H2,1-3H3,(H,10,11). The monoisotopic (exact) mass is 176 g/mol. The fraction of sp³-hybridized carbons (Fsp3) is 0.875. The number of hydrogen-bond donors (Lipinski definition) is 3. The van der Waals surface area contributed by atoms with E-state index in [-0.39, 0.29) is 13.0 Å². The summed E-state index contributed by atoms with van der Waals surface area (Å²) in [4.78, 5) is 10.5. The van der Waals surface area contributed by atoms with Gasteiger partial charge in [-0.2, -0.15) is 0 Å². The maximum Gasteiger partial charge on any atom is 0.335 e. The molecule has 0 amide bonds. The molecule has 0 fully saturated rings. The van der Waals surface area contributed by atoms with Crippen molar-refractivity contribution in [3.8, 4) is 0 Å². The van der Waals surface area contributed by atoms with E-state index in [0.717, 1.165) is 0 Å². The van der Waals surface area contributed by atoms with Crippen LogP contribution in [0, 0.1) is 5.41 Å². The van der Waals surface area contributed by atoms with E-state index in [1.165, 1.54) is 6.92 Å². The fourth-order valence-corrected chi connectivity index (χ4v) is 1.06. The fourth-order valence-electron chi connectivity index (χ4n) is 1.06. The Morgan fingerprint density at radius 2 is 1.75 bits per heavy atom. The van der Waals surface area contributed by atoms with Crippen LogP contribution >= 0.6 is 0 Å². The second-order valence-corrected chi connectivity index (χ2v) is 4.08. The number of aliphatic hydroxyl groups excluding tert-OH is 1. The van der Waals surface area contributed by atoms with Gasteiger partial charge < -0.3 is 15.3 Å². The van der Waals surface area contributed by atoms with Crippen LogP contribution in [0.3, 0.4) is 0 Å². The summed E-state index contributed by atoms with van der Waals surface area (Å²) in [5, 5.41) is 26.8. The molecule has 0 bridgehead atoms. The van der Waals surface area contributed by atoms with Crippen LogP contribution in [0.2, 0.25) is 0 Å². The van der Waals surface area contributed by atoms with Gasteiger partial charge in [0, 0.05) is 6.61 Å². The first kappa shape index (κ1) is 11.4. The quantitative estimate of drug-likeness (QED) is 0.573. The van der Waals surface area contributed by atoms with Crippen molar-refractivity contribution in [2.75, 3.05) is 6.61 Å². The average Bonchev–Trinajstić information content (AvgIpc) is 1.85. The Morgan fingerprint density at radius 1 is 1.33 bits per heavy atom. The third kappa shape index (κ3) is 3.19. The van der Waals surface area contributed by atoms with Crippen LogP contribution in [0.25, 0.3) is 0 Å². The van der Waals surface area contributed by atoms with Gasteiger partial charge in [-0.1, -0.05) is 13.8 Å². The zero-order valence-electron chi connectivity index (χ0n) is 7.66. The van der Waals surface area contributed by atoms with E-state index < -0.39 is 17.0 Å². The first-order valence-electron chi connectivity index (χ1n) is 3.78. The van der Waals surface area contributed by atoms with Crippen molar-refractivity contribution in [1.29, 1.82) is 0 Å². The molecular weight excluding hydrogens is 160 g/mol. The summed E-state index contributed by atoms with van der Waals surface area (Å²) in [6.45, 7) is 4.48. The molecule has 4 heteroatoms. The minimum atomic E-state index is -1.76. The van der Waals surface area contributed by atoms with Gasteiger partial charge >= 0.3 is 5.97 Å². The first-order valence-corrected chi connectivity index (χ1v) is 3.78. The Bertz CT molecular complexity index is 172. The Balaban J connectivity index is 4.34. The summed E-state index contributed by atoms with van der Waals surface area (Å²) < 4.78 is 0. The van der Waals surface area contributed by atoms with Crippen molar-refractivity contribution in [2.45, 2.75) is 32.8 Å². The molecular formula is C8H16O4. The van der Waals surface area contributed by atoms with E-state index in [1.54, 1.807) is 13.8 Å². The molecule has 1 unspecified atom stereocenters. The molecule has 0 aromatic rings. The molecule has 0 aromatic carbocycles. The summed E-state index contributed by atoms with van der Waals surface area (Å²) in [6, 6.07) is 0. The molecule has 1 atom stereocenters. The minimum absolute atomic E-state index is 0.0336. The number of carbonyl (C=O) groups is 1. The molecule has 4 nitrogen and oxygen atoms in total. The maximum atomic E-state index is 10.5. The Labute approximate surface area is 71.8 Å². The van der Waals surface area contributed by atoms with Gasteiger partial charge in [-0.05, 0) is 18.8 Å². The molecule has 0 aliphatic carbocycles. The molecule has 0 aliphatic heterocycles. The third-order valence-corrected chi connectivity index (χ3v) is 1.71. The molecule has 3 N–H and O–H groups in total. The smallest absolute Gasteiger partial charge is 0.335 e. The van der Waals surface area contributed by atoms with Crippen molar-refractivity contribution in [2.24, 2.45) is 5.41 Å². The molecule has 0 saturated heterocycles. The SMILES string of the molecule is CC(C)(CO)CC(C)(O)C(=O)O. The van der Waals surface area contributed by atoms with Gasteiger partial charge in [0.15, 0.2) is 5.60 Å². The lowest BCUT2D eigenvalue weighted by molar-refractivity contribution is -0.160. The largest absolute Gasteiger partial charge is 0.479 e. The van der Waals surface area contributed by atoms with Gasteiger partial charge in [0.2, 0.25) is 0 Å². The molecule has 0 heterocycles. The van der Waals surface area contributed by atoms with Crippen LogP contribution in [-0.2, 0) is 4.79 Å². The number of hydrogen-bond acceptors (Lipinski definition) is 3. The number of rotatable bonds is 4. The molecule has 0 radical (unpaired) electrons. The zero-order valence-corrected chi connectivity index (χ0v) is 7.66. The summed E-state index contributed by atoms with van der Waals surface area (Å²) in [5.74, 6) is -1.26. The van der Waals surface area contributed by atoms with E-state index in [1.807, 2.05) is 0 Å². The van der Waals surface area contributed by atoms with Crippen molar-refractivity contribution >= 4 is 5.97 Å². The molecule has 0 saturated carbocycles. The van der Waals surface area contributed by atoms with Crippen LogP contribution in [-0.4, -0.2) is 33.5 Å². The summed E-state index contributed by atoms with van der Waals surface area (Å²) in [7, 11) is 0. The highest BCUT2D eigenvalue weighted by Crippen LogP contribution is 2.27. The summed E-state index contributed by atoms with van der Waals surface area (Å²) >= 11 is 0. The second-order valence-electron chi connectivity index (χ2n) is 4.08. The van der Waals surface area contributed by atoms with Gasteiger partial charge in [-0.15, -0.1) is 0 Å². The van der Waals surface area contributed by atoms with Crippen LogP contribution in [0.4, 0.5) is 0 Å². The number of aliphatic carboxylic acids is 1. The van der Waals surface area contributed by atoms with Crippen LogP contribution in [0.15, 0.2) is 0 Å². The number of carboxylic acid groups (broad SMARTS) is 1. The average molecular weight is 176 g/mol. The first-order chi connectivity index (χ1) is 5.21. The predicted molar refractivity (Wildman–Crippen MR) is 43.7 cm³/mol. The highest BCUT2D eigenvalue weighted by Gasteiger charge is 2.36. The van der Waals surface area contributed by atoms with Crippen molar-refractivity contribution in [3.05, 3.63) is 0 Å². The van der Waals surface area contributed by atoms with Gasteiger partial charge in [-0.25, -0.2) is 4.79 Å². The van der Waals surface area contributed by atoms with Crippen molar-refractivity contribution in [1.82, 2.24) is 0 Å². The number of aliphatic hydroxyl groups is 2. The van der Waals surface area contributed by atoms with Gasteiger partial charge in [0.25, 0.3) is 0 Å². The highest BCUT2D eigenvalue weighted by atomic mass is 16.4. The van der Waals surface area contributed by atoms with Gasteiger partial charge in [0.1, 0.15) is 0 Å². The lowest BCUT2D eigenvalue weighted by Gasteiger charge is -2.29. The third-order valence-electron chi connectivity index (χ3n) is 1.71. The topological polar surface area (TPSA) is 77.8 Å².